The number of aliphatic hydroxyl groups is 1. The minimum atomic E-state index is -0.431. The fraction of sp³-hybridized carbons (Fsp3) is 0.267. The summed E-state index contributed by atoms with van der Waals surface area (Å²) in [5.41, 5.74) is 0. The molecule has 106 valence electrons. The average Bonchev–Trinajstić information content (AvgIpc) is 3.07. The molecule has 0 aliphatic rings. The third kappa shape index (κ3) is 4.36. The largest absolute Gasteiger partial charge is 0.465 e. The van der Waals surface area contributed by atoms with Crippen molar-refractivity contribution in [2.75, 3.05) is 6.54 Å². The van der Waals surface area contributed by atoms with Gasteiger partial charge in [-0.15, -0.1) is 11.3 Å². The molecule has 1 unspecified atom stereocenters. The number of carbonyl (C=O) groups excluding carboxylic acids is 1. The summed E-state index contributed by atoms with van der Waals surface area (Å²) in [6.45, 7) is 2.32. The molecular weight excluding hydrogens is 274 g/mol. The van der Waals surface area contributed by atoms with E-state index in [0.717, 1.165) is 16.2 Å². The molecule has 0 spiro atoms. The zero-order valence-corrected chi connectivity index (χ0v) is 12.0. The van der Waals surface area contributed by atoms with Crippen molar-refractivity contribution >= 4 is 23.3 Å². The molecule has 4 nitrogen and oxygen atoms in total. The molecule has 2 N–H and O–H groups in total. The van der Waals surface area contributed by atoms with Gasteiger partial charge in [0.15, 0.2) is 0 Å². The SMILES string of the molecule is CC(O)c1ccc(CCNC(=O)/C=C/c2ccco2)s1. The van der Waals surface area contributed by atoms with Crippen LogP contribution in [0.5, 0.6) is 0 Å². The molecule has 20 heavy (non-hydrogen) atoms. The van der Waals surface area contributed by atoms with Crippen molar-refractivity contribution in [3.05, 3.63) is 52.1 Å². The number of furan rings is 1. The smallest absolute Gasteiger partial charge is 0.244 e. The predicted octanol–water partition coefficient (Wildman–Crippen LogP) is 2.77. The van der Waals surface area contributed by atoms with Crippen molar-refractivity contribution < 1.29 is 14.3 Å². The Bertz CT molecular complexity index is 570. The van der Waals surface area contributed by atoms with Gasteiger partial charge in [0.25, 0.3) is 0 Å². The second-order valence-electron chi connectivity index (χ2n) is 4.37. The van der Waals surface area contributed by atoms with Crippen LogP contribution in [-0.4, -0.2) is 17.6 Å². The van der Waals surface area contributed by atoms with Gasteiger partial charge in [0.1, 0.15) is 5.76 Å². The van der Waals surface area contributed by atoms with Crippen molar-refractivity contribution in [2.24, 2.45) is 0 Å². The third-order valence-corrected chi connectivity index (χ3v) is 4.02. The van der Waals surface area contributed by atoms with Crippen molar-refractivity contribution in [1.29, 1.82) is 0 Å². The molecule has 0 aliphatic heterocycles. The molecule has 0 radical (unpaired) electrons. The highest BCUT2D eigenvalue weighted by Gasteiger charge is 2.05. The summed E-state index contributed by atoms with van der Waals surface area (Å²) < 4.78 is 5.09. The van der Waals surface area contributed by atoms with Crippen molar-refractivity contribution in [1.82, 2.24) is 5.32 Å². The van der Waals surface area contributed by atoms with E-state index in [2.05, 4.69) is 5.32 Å². The van der Waals surface area contributed by atoms with E-state index in [1.807, 2.05) is 12.1 Å². The third-order valence-electron chi connectivity index (χ3n) is 2.71. The summed E-state index contributed by atoms with van der Waals surface area (Å²) >= 11 is 1.57. The summed E-state index contributed by atoms with van der Waals surface area (Å²) in [5.74, 6) is 0.508. The second kappa shape index (κ2) is 7.07. The number of nitrogens with one attached hydrogen (secondary N) is 1. The maximum atomic E-state index is 11.6. The highest BCUT2D eigenvalue weighted by atomic mass is 32.1. The van der Waals surface area contributed by atoms with Crippen molar-refractivity contribution in [3.8, 4) is 0 Å². The van der Waals surface area contributed by atoms with Crippen molar-refractivity contribution in [3.63, 3.8) is 0 Å². The van der Waals surface area contributed by atoms with Crippen molar-refractivity contribution in [2.45, 2.75) is 19.4 Å². The Morgan fingerprint density at radius 3 is 3.00 bits per heavy atom. The number of thiophene rings is 1. The van der Waals surface area contributed by atoms with Crippen LogP contribution in [0.25, 0.3) is 6.08 Å². The maximum Gasteiger partial charge on any atom is 0.244 e. The molecule has 2 heterocycles. The minimum absolute atomic E-state index is 0.145. The van der Waals surface area contributed by atoms with Gasteiger partial charge in [0, 0.05) is 22.4 Å². The molecule has 1 amide bonds. The van der Waals surface area contributed by atoms with E-state index in [-0.39, 0.29) is 5.91 Å². The van der Waals surface area contributed by atoms with E-state index in [1.165, 1.54) is 6.08 Å². The van der Waals surface area contributed by atoms with Crippen LogP contribution in [0.1, 0.15) is 28.5 Å². The second-order valence-corrected chi connectivity index (χ2v) is 5.57. The summed E-state index contributed by atoms with van der Waals surface area (Å²) in [4.78, 5) is 13.7. The molecule has 0 bridgehead atoms. The Labute approximate surface area is 121 Å². The molecule has 1 atom stereocenters. The fourth-order valence-electron chi connectivity index (χ4n) is 1.67. The number of rotatable bonds is 6. The Kier molecular flexibility index (Phi) is 5.15. The van der Waals surface area contributed by atoms with Gasteiger partial charge in [-0.2, -0.15) is 0 Å². The van der Waals surface area contributed by atoms with Crippen LogP contribution in [0, 0.1) is 0 Å². The maximum absolute atomic E-state index is 11.6. The molecular formula is C15H17NO3S. The van der Waals surface area contributed by atoms with Gasteiger partial charge in [-0.3, -0.25) is 4.79 Å². The summed E-state index contributed by atoms with van der Waals surface area (Å²) in [6.07, 6.45) is 4.98. The molecule has 0 saturated heterocycles. The topological polar surface area (TPSA) is 62.5 Å². The summed E-state index contributed by atoms with van der Waals surface area (Å²) in [7, 11) is 0. The number of carbonyl (C=O) groups is 1. The molecule has 0 fully saturated rings. The van der Waals surface area contributed by atoms with E-state index < -0.39 is 6.10 Å². The first-order valence-electron chi connectivity index (χ1n) is 6.41. The van der Waals surface area contributed by atoms with Gasteiger partial charge in [0.2, 0.25) is 5.91 Å². The lowest BCUT2D eigenvalue weighted by molar-refractivity contribution is -0.116. The summed E-state index contributed by atoms with van der Waals surface area (Å²) in [6, 6.07) is 7.46. The monoisotopic (exact) mass is 291 g/mol. The minimum Gasteiger partial charge on any atom is -0.465 e. The Morgan fingerprint density at radius 2 is 2.35 bits per heavy atom. The average molecular weight is 291 g/mol. The van der Waals surface area contributed by atoms with Crippen LogP contribution < -0.4 is 5.32 Å². The van der Waals surface area contributed by atoms with Gasteiger partial charge in [-0.25, -0.2) is 0 Å². The van der Waals surface area contributed by atoms with E-state index >= 15 is 0 Å². The first-order valence-corrected chi connectivity index (χ1v) is 7.23. The van der Waals surface area contributed by atoms with Crippen LogP contribution in [0.4, 0.5) is 0 Å². The van der Waals surface area contributed by atoms with Crippen LogP contribution in [0.15, 0.2) is 41.0 Å². The molecule has 0 aromatic carbocycles. The Morgan fingerprint density at radius 1 is 1.50 bits per heavy atom. The Balaban J connectivity index is 1.73. The lowest BCUT2D eigenvalue weighted by atomic mass is 10.3. The molecule has 0 saturated carbocycles. The predicted molar refractivity (Wildman–Crippen MR) is 79.4 cm³/mol. The van der Waals surface area contributed by atoms with Gasteiger partial charge in [0.05, 0.1) is 12.4 Å². The summed E-state index contributed by atoms with van der Waals surface area (Å²) in [5, 5.41) is 12.2. The number of hydrogen-bond acceptors (Lipinski definition) is 4. The normalized spacial score (nSPS) is 12.7. The van der Waals surface area contributed by atoms with Crippen LogP contribution in [0.3, 0.4) is 0 Å². The van der Waals surface area contributed by atoms with Gasteiger partial charge >= 0.3 is 0 Å². The highest BCUT2D eigenvalue weighted by molar-refractivity contribution is 7.12. The first kappa shape index (κ1) is 14.6. The first-order chi connectivity index (χ1) is 9.65. The van der Waals surface area contributed by atoms with Crippen LogP contribution in [-0.2, 0) is 11.2 Å². The quantitative estimate of drug-likeness (QED) is 0.804. The van der Waals surface area contributed by atoms with E-state index in [4.69, 9.17) is 4.42 Å². The van der Waals surface area contributed by atoms with Crippen LogP contribution >= 0.6 is 11.3 Å². The lowest BCUT2D eigenvalue weighted by Gasteiger charge is -2.00. The molecule has 2 aromatic rings. The number of hydrogen-bond donors (Lipinski definition) is 2. The molecule has 2 aromatic heterocycles. The van der Waals surface area contributed by atoms with Gasteiger partial charge in [-0.05, 0) is 43.7 Å². The van der Waals surface area contributed by atoms with E-state index in [9.17, 15) is 9.90 Å². The molecule has 0 aliphatic carbocycles. The fourth-order valence-corrected chi connectivity index (χ4v) is 2.61. The van der Waals surface area contributed by atoms with Gasteiger partial charge < -0.3 is 14.8 Å². The molecule has 5 heteroatoms. The van der Waals surface area contributed by atoms with Crippen LogP contribution in [0.2, 0.25) is 0 Å². The van der Waals surface area contributed by atoms with E-state index in [1.54, 1.807) is 42.7 Å². The Hall–Kier alpha value is -1.85. The number of aliphatic hydroxyl groups excluding tert-OH is 1. The van der Waals surface area contributed by atoms with E-state index in [0.29, 0.717) is 12.3 Å². The molecule has 2 rings (SSSR count). The standard InChI is InChI=1S/C15H17NO3S/c1-11(17)14-6-5-13(20-14)8-9-16-15(18)7-4-12-3-2-10-19-12/h2-7,10-11,17H,8-9H2,1H3,(H,16,18)/b7-4+. The van der Waals surface area contributed by atoms with Gasteiger partial charge in [-0.1, -0.05) is 0 Å². The zero-order valence-electron chi connectivity index (χ0n) is 11.2. The number of amides is 1. The lowest BCUT2D eigenvalue weighted by Crippen LogP contribution is -2.23. The highest BCUT2D eigenvalue weighted by Crippen LogP contribution is 2.22. The zero-order chi connectivity index (χ0) is 14.4.